The smallest absolute Gasteiger partial charge is 0.341 e. The highest BCUT2D eigenvalue weighted by atomic mass is 16.5. The van der Waals surface area contributed by atoms with Gasteiger partial charge in [0.25, 0.3) is 5.91 Å². The summed E-state index contributed by atoms with van der Waals surface area (Å²) in [5, 5.41) is 0.795. The van der Waals surface area contributed by atoms with Crippen molar-refractivity contribution in [2.75, 3.05) is 6.54 Å². The molecule has 1 N–H and O–H groups in total. The molecule has 0 fully saturated rings. The lowest BCUT2D eigenvalue weighted by Crippen LogP contribution is -2.42. The first-order valence-corrected chi connectivity index (χ1v) is 8.76. The summed E-state index contributed by atoms with van der Waals surface area (Å²) in [5.41, 5.74) is 3.75. The van der Waals surface area contributed by atoms with Gasteiger partial charge in [-0.1, -0.05) is 42.5 Å². The predicted molar refractivity (Wildman–Crippen MR) is 98.7 cm³/mol. The Balaban J connectivity index is 1.45. The van der Waals surface area contributed by atoms with E-state index in [2.05, 4.69) is 11.1 Å². The number of benzene rings is 2. The Morgan fingerprint density at radius 2 is 1.81 bits per heavy atom. The molecule has 5 heteroatoms. The van der Waals surface area contributed by atoms with E-state index in [1.165, 1.54) is 5.56 Å². The number of aromatic amines is 1. The molecule has 3 aromatic rings. The van der Waals surface area contributed by atoms with Crippen LogP contribution in [0.1, 0.15) is 28.4 Å². The maximum absolute atomic E-state index is 12.7. The van der Waals surface area contributed by atoms with E-state index in [1.54, 1.807) is 18.0 Å². The van der Waals surface area contributed by atoms with Crippen molar-refractivity contribution < 1.29 is 14.3 Å². The third kappa shape index (κ3) is 2.96. The van der Waals surface area contributed by atoms with Crippen LogP contribution >= 0.6 is 0 Å². The molecule has 2 heterocycles. The largest absolute Gasteiger partial charge is 0.449 e. The Kier molecular flexibility index (Phi) is 4.21. The molecule has 0 radical (unpaired) electrons. The number of ether oxygens (including phenoxy) is 1. The van der Waals surface area contributed by atoms with Gasteiger partial charge in [0.2, 0.25) is 0 Å². The van der Waals surface area contributed by atoms with Gasteiger partial charge in [0, 0.05) is 30.2 Å². The highest BCUT2D eigenvalue weighted by Gasteiger charge is 2.27. The Labute approximate surface area is 151 Å². The van der Waals surface area contributed by atoms with Gasteiger partial charge in [-0.25, -0.2) is 4.79 Å². The van der Waals surface area contributed by atoms with Crippen molar-refractivity contribution in [2.24, 2.45) is 0 Å². The van der Waals surface area contributed by atoms with E-state index in [4.69, 9.17) is 4.74 Å². The minimum absolute atomic E-state index is 0.160. The van der Waals surface area contributed by atoms with Gasteiger partial charge >= 0.3 is 5.97 Å². The summed E-state index contributed by atoms with van der Waals surface area (Å²) >= 11 is 0. The number of carbonyl (C=O) groups is 2. The summed E-state index contributed by atoms with van der Waals surface area (Å²) in [6, 6.07) is 15.6. The lowest BCUT2D eigenvalue weighted by molar-refractivity contribution is -0.140. The van der Waals surface area contributed by atoms with Gasteiger partial charge < -0.3 is 14.6 Å². The second-order valence-electron chi connectivity index (χ2n) is 6.57. The SMILES string of the molecule is C[C@@H](OC(=O)c1c[nH]c2ccccc12)C(=O)N1CCc2ccccc2C1. The molecule has 1 atom stereocenters. The quantitative estimate of drug-likeness (QED) is 0.739. The summed E-state index contributed by atoms with van der Waals surface area (Å²) in [6.07, 6.45) is 1.63. The molecule has 0 spiro atoms. The number of hydrogen-bond acceptors (Lipinski definition) is 3. The summed E-state index contributed by atoms with van der Waals surface area (Å²) in [5.74, 6) is -0.645. The molecular weight excluding hydrogens is 328 g/mol. The number of fused-ring (bicyclic) bond motifs is 2. The lowest BCUT2D eigenvalue weighted by atomic mass is 9.99. The van der Waals surface area contributed by atoms with Crippen LogP contribution in [0.4, 0.5) is 0 Å². The van der Waals surface area contributed by atoms with Crippen LogP contribution in [0.25, 0.3) is 10.9 Å². The Bertz CT molecular complexity index is 976. The summed E-state index contributed by atoms with van der Waals surface area (Å²) in [4.78, 5) is 30.0. The molecule has 1 aliphatic rings. The zero-order valence-corrected chi connectivity index (χ0v) is 14.6. The van der Waals surface area contributed by atoms with Crippen LogP contribution in [0, 0.1) is 0 Å². The van der Waals surface area contributed by atoms with E-state index < -0.39 is 12.1 Å². The number of aromatic nitrogens is 1. The maximum atomic E-state index is 12.7. The first-order valence-electron chi connectivity index (χ1n) is 8.76. The fraction of sp³-hybridized carbons (Fsp3) is 0.238. The van der Waals surface area contributed by atoms with Crippen molar-refractivity contribution in [3.8, 4) is 0 Å². The molecule has 1 aliphatic heterocycles. The average molecular weight is 348 g/mol. The summed E-state index contributed by atoms with van der Waals surface area (Å²) in [7, 11) is 0. The van der Waals surface area contributed by atoms with E-state index in [0.29, 0.717) is 18.7 Å². The lowest BCUT2D eigenvalue weighted by Gasteiger charge is -2.30. The van der Waals surface area contributed by atoms with Crippen molar-refractivity contribution in [1.82, 2.24) is 9.88 Å². The number of esters is 1. The van der Waals surface area contributed by atoms with Crippen LogP contribution < -0.4 is 0 Å². The van der Waals surface area contributed by atoms with Crippen LogP contribution in [0.3, 0.4) is 0 Å². The van der Waals surface area contributed by atoms with Gasteiger partial charge in [0.05, 0.1) is 5.56 Å². The van der Waals surface area contributed by atoms with E-state index >= 15 is 0 Å². The molecule has 26 heavy (non-hydrogen) atoms. The first kappa shape index (κ1) is 16.4. The zero-order valence-electron chi connectivity index (χ0n) is 14.6. The topological polar surface area (TPSA) is 62.4 Å². The average Bonchev–Trinajstić information content (AvgIpc) is 3.11. The molecule has 0 bridgehead atoms. The standard InChI is InChI=1S/C21H20N2O3/c1-14(20(24)23-11-10-15-6-2-3-7-16(15)13-23)26-21(25)18-12-22-19-9-5-4-8-17(18)19/h2-9,12,14,22H,10-11,13H2,1H3/t14-/m1/s1. The molecule has 5 nitrogen and oxygen atoms in total. The highest BCUT2D eigenvalue weighted by Crippen LogP contribution is 2.21. The minimum atomic E-state index is -0.818. The molecule has 4 rings (SSSR count). The monoisotopic (exact) mass is 348 g/mol. The van der Waals surface area contributed by atoms with Crippen molar-refractivity contribution in [2.45, 2.75) is 26.0 Å². The van der Waals surface area contributed by atoms with E-state index in [1.807, 2.05) is 42.5 Å². The van der Waals surface area contributed by atoms with Crippen molar-refractivity contribution in [3.05, 3.63) is 71.4 Å². The highest BCUT2D eigenvalue weighted by molar-refractivity contribution is 6.04. The molecular formula is C21H20N2O3. The van der Waals surface area contributed by atoms with Gasteiger partial charge in [-0.3, -0.25) is 4.79 Å². The predicted octanol–water partition coefficient (Wildman–Crippen LogP) is 3.30. The Morgan fingerprint density at radius 3 is 2.65 bits per heavy atom. The number of rotatable bonds is 3. The Hall–Kier alpha value is -3.08. The second-order valence-corrected chi connectivity index (χ2v) is 6.57. The molecule has 0 saturated carbocycles. The molecule has 0 unspecified atom stereocenters. The van der Waals surface area contributed by atoms with E-state index in [-0.39, 0.29) is 5.91 Å². The fourth-order valence-corrected chi connectivity index (χ4v) is 3.46. The second kappa shape index (κ2) is 6.67. The molecule has 1 aromatic heterocycles. The summed E-state index contributed by atoms with van der Waals surface area (Å²) in [6.45, 7) is 2.84. The van der Waals surface area contributed by atoms with Crippen LogP contribution in [0.5, 0.6) is 0 Å². The number of nitrogens with one attached hydrogen (secondary N) is 1. The van der Waals surface area contributed by atoms with Crippen LogP contribution in [0.2, 0.25) is 0 Å². The molecule has 2 aromatic carbocycles. The molecule has 132 valence electrons. The Morgan fingerprint density at radius 1 is 1.08 bits per heavy atom. The fourth-order valence-electron chi connectivity index (χ4n) is 3.46. The van der Waals surface area contributed by atoms with Crippen LogP contribution in [-0.4, -0.2) is 34.4 Å². The van der Waals surface area contributed by atoms with Crippen molar-refractivity contribution >= 4 is 22.8 Å². The molecule has 0 aliphatic carbocycles. The number of hydrogen-bond donors (Lipinski definition) is 1. The molecule has 0 saturated heterocycles. The third-order valence-corrected chi connectivity index (χ3v) is 4.88. The molecule has 1 amide bonds. The van der Waals surface area contributed by atoms with Gasteiger partial charge in [-0.05, 0) is 30.5 Å². The van der Waals surface area contributed by atoms with Gasteiger partial charge in [0.1, 0.15) is 0 Å². The van der Waals surface area contributed by atoms with Crippen LogP contribution in [0.15, 0.2) is 54.7 Å². The normalized spacial score (nSPS) is 14.7. The summed E-state index contributed by atoms with van der Waals surface area (Å²) < 4.78 is 5.46. The zero-order chi connectivity index (χ0) is 18.1. The third-order valence-electron chi connectivity index (χ3n) is 4.88. The van der Waals surface area contributed by atoms with Crippen molar-refractivity contribution in [3.63, 3.8) is 0 Å². The first-order chi connectivity index (χ1) is 12.6. The number of H-pyrrole nitrogens is 1. The van der Waals surface area contributed by atoms with Crippen molar-refractivity contribution in [1.29, 1.82) is 0 Å². The number of para-hydroxylation sites is 1. The van der Waals surface area contributed by atoms with E-state index in [0.717, 1.165) is 22.9 Å². The number of amides is 1. The minimum Gasteiger partial charge on any atom is -0.449 e. The van der Waals surface area contributed by atoms with E-state index in [9.17, 15) is 9.59 Å². The van der Waals surface area contributed by atoms with Crippen LogP contribution in [-0.2, 0) is 22.5 Å². The maximum Gasteiger partial charge on any atom is 0.341 e. The van der Waals surface area contributed by atoms with Gasteiger partial charge in [0.15, 0.2) is 6.10 Å². The number of carbonyl (C=O) groups excluding carboxylic acids is 2. The number of nitrogens with zero attached hydrogens (tertiary/aromatic N) is 1. The van der Waals surface area contributed by atoms with Gasteiger partial charge in [-0.2, -0.15) is 0 Å². The van der Waals surface area contributed by atoms with Gasteiger partial charge in [-0.15, -0.1) is 0 Å².